The third-order valence-corrected chi connectivity index (χ3v) is 16.2. The van der Waals surface area contributed by atoms with Crippen LogP contribution in [0.1, 0.15) is 348 Å². The number of hydrogen-bond acceptors (Lipinski definition) is 8. The molecule has 0 aromatic carbocycles. The summed E-state index contributed by atoms with van der Waals surface area (Å²) in [7, 11) is 0. The lowest BCUT2D eigenvalue weighted by Gasteiger charge is -2.40. The normalized spacial score (nSPS) is 18.9. The first-order chi connectivity index (χ1) is 35.8. The summed E-state index contributed by atoms with van der Waals surface area (Å²) in [5.74, 6) is -0.136. The molecule has 1 heterocycles. The Bertz CT molecular complexity index is 1110. The number of rotatable bonds is 58. The number of carbonyl (C=O) groups is 1. The molecule has 0 aliphatic carbocycles. The zero-order valence-electron chi connectivity index (χ0n) is 48.7. The van der Waals surface area contributed by atoms with Crippen molar-refractivity contribution in [2.24, 2.45) is 0 Å². The SMILES string of the molecule is CCCCCCCCCCCCCCCCCCCCCCCCCCCCCCCCCCCCCCCC(=O)NC(COC1OC(CO)C(O)C(O)C1O)C(O)CCCCCCCCCCCCCCC. The summed E-state index contributed by atoms with van der Waals surface area (Å²) in [4.78, 5) is 13.1. The van der Waals surface area contributed by atoms with Crippen molar-refractivity contribution in [2.45, 2.75) is 391 Å². The van der Waals surface area contributed by atoms with Gasteiger partial charge in [0.05, 0.1) is 25.4 Å². The lowest BCUT2D eigenvalue weighted by Crippen LogP contribution is -2.60. The monoisotopic (exact) mass is 1040 g/mol. The summed E-state index contributed by atoms with van der Waals surface area (Å²) in [6.07, 6.45) is 60.4. The van der Waals surface area contributed by atoms with Crippen LogP contribution in [0.25, 0.3) is 0 Å². The van der Waals surface area contributed by atoms with Gasteiger partial charge in [-0.3, -0.25) is 4.79 Å². The first kappa shape index (κ1) is 70.2. The van der Waals surface area contributed by atoms with Gasteiger partial charge >= 0.3 is 0 Å². The zero-order chi connectivity index (χ0) is 52.9. The highest BCUT2D eigenvalue weighted by molar-refractivity contribution is 5.76. The average molecular weight is 1040 g/mol. The number of nitrogens with one attached hydrogen (secondary N) is 1. The summed E-state index contributed by atoms with van der Waals surface area (Å²) in [5, 5.41) is 54.6. The van der Waals surface area contributed by atoms with Gasteiger partial charge in [0, 0.05) is 6.42 Å². The van der Waals surface area contributed by atoms with Crippen LogP contribution < -0.4 is 5.32 Å². The van der Waals surface area contributed by atoms with E-state index in [1.165, 1.54) is 283 Å². The quantitative estimate of drug-likeness (QED) is 0.0330. The van der Waals surface area contributed by atoms with Crippen molar-refractivity contribution in [3.05, 3.63) is 0 Å². The molecule has 0 spiro atoms. The molecule has 6 N–H and O–H groups in total. The van der Waals surface area contributed by atoms with Gasteiger partial charge < -0.3 is 40.3 Å². The molecule has 0 bridgehead atoms. The van der Waals surface area contributed by atoms with E-state index in [0.717, 1.165) is 38.5 Å². The molecule has 1 aliphatic rings. The summed E-state index contributed by atoms with van der Waals surface area (Å²) in [5.41, 5.74) is 0. The first-order valence-corrected chi connectivity index (χ1v) is 32.7. The predicted molar refractivity (Wildman–Crippen MR) is 309 cm³/mol. The maximum Gasteiger partial charge on any atom is 0.220 e. The van der Waals surface area contributed by atoms with E-state index < -0.39 is 49.5 Å². The first-order valence-electron chi connectivity index (χ1n) is 32.7. The Morgan fingerprint density at radius 3 is 0.973 bits per heavy atom. The van der Waals surface area contributed by atoms with Gasteiger partial charge in [-0.1, -0.05) is 328 Å². The Morgan fingerprint density at radius 2 is 0.685 bits per heavy atom. The van der Waals surface area contributed by atoms with Gasteiger partial charge in [0.2, 0.25) is 5.91 Å². The van der Waals surface area contributed by atoms with Crippen LogP contribution in [-0.4, -0.2) is 87.5 Å². The maximum absolute atomic E-state index is 13.1. The maximum atomic E-state index is 13.1. The fourth-order valence-corrected chi connectivity index (χ4v) is 11.0. The van der Waals surface area contributed by atoms with Crippen molar-refractivity contribution in [1.29, 1.82) is 0 Å². The van der Waals surface area contributed by atoms with E-state index in [4.69, 9.17) is 9.47 Å². The van der Waals surface area contributed by atoms with Crippen LogP contribution in [0.4, 0.5) is 0 Å². The van der Waals surface area contributed by atoms with Gasteiger partial charge in [0.1, 0.15) is 24.4 Å². The van der Waals surface area contributed by atoms with Crippen molar-refractivity contribution in [3.63, 3.8) is 0 Å². The van der Waals surface area contributed by atoms with Crippen molar-refractivity contribution in [3.8, 4) is 0 Å². The van der Waals surface area contributed by atoms with Gasteiger partial charge in [-0.15, -0.1) is 0 Å². The number of amides is 1. The van der Waals surface area contributed by atoms with E-state index in [-0.39, 0.29) is 12.5 Å². The number of unbranched alkanes of at least 4 members (excludes halogenated alkanes) is 48. The van der Waals surface area contributed by atoms with Gasteiger partial charge in [-0.2, -0.15) is 0 Å². The molecule has 1 saturated heterocycles. The summed E-state index contributed by atoms with van der Waals surface area (Å²) in [6, 6.07) is -0.713. The second-order valence-corrected chi connectivity index (χ2v) is 23.3. The lowest BCUT2D eigenvalue weighted by molar-refractivity contribution is -0.302. The topological polar surface area (TPSA) is 149 Å². The predicted octanol–water partition coefficient (Wildman–Crippen LogP) is 17.0. The fraction of sp³-hybridized carbons (Fsp3) is 0.984. The molecule has 1 fully saturated rings. The van der Waals surface area contributed by atoms with Gasteiger partial charge in [-0.25, -0.2) is 0 Å². The summed E-state index contributed by atoms with van der Waals surface area (Å²) < 4.78 is 11.3. The van der Waals surface area contributed by atoms with E-state index in [0.29, 0.717) is 12.8 Å². The smallest absolute Gasteiger partial charge is 0.220 e. The van der Waals surface area contributed by atoms with Crippen molar-refractivity contribution >= 4 is 5.91 Å². The molecule has 73 heavy (non-hydrogen) atoms. The van der Waals surface area contributed by atoms with Crippen LogP contribution >= 0.6 is 0 Å². The molecule has 0 aromatic heterocycles. The Labute approximate surface area is 453 Å². The molecule has 0 radical (unpaired) electrons. The van der Waals surface area contributed by atoms with E-state index in [2.05, 4.69) is 19.2 Å². The molecular weight excluding hydrogens is 911 g/mol. The molecule has 9 heteroatoms. The van der Waals surface area contributed by atoms with Gasteiger partial charge in [0.25, 0.3) is 0 Å². The summed E-state index contributed by atoms with van der Waals surface area (Å²) >= 11 is 0. The molecule has 436 valence electrons. The van der Waals surface area contributed by atoms with Crippen LogP contribution in [0.3, 0.4) is 0 Å². The van der Waals surface area contributed by atoms with Crippen LogP contribution in [0.5, 0.6) is 0 Å². The minimum absolute atomic E-state index is 0.131. The third kappa shape index (κ3) is 43.8. The molecule has 7 unspecified atom stereocenters. The van der Waals surface area contributed by atoms with E-state index in [1.54, 1.807) is 0 Å². The van der Waals surface area contributed by atoms with Crippen LogP contribution in [0.15, 0.2) is 0 Å². The number of aliphatic hydroxyl groups excluding tert-OH is 5. The van der Waals surface area contributed by atoms with Crippen molar-refractivity contribution in [1.82, 2.24) is 5.32 Å². The van der Waals surface area contributed by atoms with E-state index >= 15 is 0 Å². The highest BCUT2D eigenvalue weighted by Crippen LogP contribution is 2.24. The lowest BCUT2D eigenvalue weighted by atomic mass is 9.99. The second-order valence-electron chi connectivity index (χ2n) is 23.3. The zero-order valence-corrected chi connectivity index (χ0v) is 48.7. The van der Waals surface area contributed by atoms with Crippen LogP contribution in [0, 0.1) is 0 Å². The van der Waals surface area contributed by atoms with Crippen molar-refractivity contribution in [2.75, 3.05) is 13.2 Å². The van der Waals surface area contributed by atoms with Gasteiger partial charge in [-0.05, 0) is 12.8 Å². The largest absolute Gasteiger partial charge is 0.394 e. The Hall–Kier alpha value is -0.810. The molecule has 1 aliphatic heterocycles. The number of carbonyl (C=O) groups excluding carboxylic acids is 1. The number of aliphatic hydroxyl groups is 5. The van der Waals surface area contributed by atoms with Crippen molar-refractivity contribution < 1.29 is 39.8 Å². The molecule has 0 aromatic rings. The summed E-state index contributed by atoms with van der Waals surface area (Å²) in [6.45, 7) is 3.88. The standard InChI is InChI=1S/C64H127NO8/c1-3-5-7-9-11-13-15-17-18-19-20-21-22-23-24-25-26-27-28-29-30-31-32-33-34-35-36-37-38-39-40-42-44-46-48-50-52-54-60(68)65-57(56-72-64-63(71)62(70)61(69)59(55-66)73-64)58(67)53-51-49-47-45-43-41-16-14-12-10-8-6-4-2/h57-59,61-64,66-67,69-71H,3-56H2,1-2H3,(H,65,68). The van der Waals surface area contributed by atoms with E-state index in [9.17, 15) is 30.3 Å². The molecule has 0 saturated carbocycles. The Morgan fingerprint density at radius 1 is 0.411 bits per heavy atom. The third-order valence-electron chi connectivity index (χ3n) is 16.2. The number of hydrogen-bond donors (Lipinski definition) is 6. The fourth-order valence-electron chi connectivity index (χ4n) is 11.0. The second kappa shape index (κ2) is 54.5. The van der Waals surface area contributed by atoms with E-state index in [1.807, 2.05) is 0 Å². The highest BCUT2D eigenvalue weighted by atomic mass is 16.7. The average Bonchev–Trinajstić information content (AvgIpc) is 3.39. The van der Waals surface area contributed by atoms with Crippen LogP contribution in [-0.2, 0) is 14.3 Å². The molecule has 9 nitrogen and oxygen atoms in total. The Balaban J connectivity index is 2.01. The Kier molecular flexibility index (Phi) is 52.5. The van der Waals surface area contributed by atoms with Crippen LogP contribution in [0.2, 0.25) is 0 Å². The van der Waals surface area contributed by atoms with Gasteiger partial charge in [0.15, 0.2) is 6.29 Å². The molecular formula is C64H127NO8. The highest BCUT2D eigenvalue weighted by Gasteiger charge is 2.44. The molecule has 7 atom stereocenters. The number of ether oxygens (including phenoxy) is 2. The molecule has 1 rings (SSSR count). The minimum atomic E-state index is -1.55. The minimum Gasteiger partial charge on any atom is -0.394 e. The molecule has 1 amide bonds.